The number of benzene rings is 3. The van der Waals surface area contributed by atoms with Gasteiger partial charge in [-0.05, 0) is 79.3 Å². The molecule has 0 aromatic heterocycles. The van der Waals surface area contributed by atoms with E-state index in [-0.39, 0.29) is 21.4 Å². The summed E-state index contributed by atoms with van der Waals surface area (Å²) >= 11 is 6.21. The van der Waals surface area contributed by atoms with Crippen LogP contribution in [0.3, 0.4) is 0 Å². The average Bonchev–Trinajstić information content (AvgIpc) is 2.72. The second kappa shape index (κ2) is 9.35. The lowest BCUT2D eigenvalue weighted by Crippen LogP contribution is -2.17. The third-order valence-electron chi connectivity index (χ3n) is 5.41. The molecule has 0 spiro atoms. The summed E-state index contributed by atoms with van der Waals surface area (Å²) in [5.74, 6) is -0.186. The molecule has 1 amide bonds. The minimum Gasteiger partial charge on any atom is -0.321 e. The summed E-state index contributed by atoms with van der Waals surface area (Å²) in [5.41, 5.74) is 5.33. The van der Waals surface area contributed by atoms with E-state index < -0.39 is 15.9 Å². The van der Waals surface area contributed by atoms with E-state index >= 15 is 0 Å². The van der Waals surface area contributed by atoms with Gasteiger partial charge in [0.15, 0.2) is 0 Å². The molecule has 0 radical (unpaired) electrons. The molecule has 0 saturated heterocycles. The number of para-hydroxylation sites is 1. The predicted octanol–water partition coefficient (Wildman–Crippen LogP) is 6.44. The molecule has 168 valence electrons. The van der Waals surface area contributed by atoms with Gasteiger partial charge in [-0.15, -0.1) is 0 Å². The molecule has 32 heavy (non-hydrogen) atoms. The van der Waals surface area contributed by atoms with E-state index in [0.29, 0.717) is 5.69 Å². The van der Waals surface area contributed by atoms with E-state index in [0.717, 1.165) is 27.9 Å². The number of nitrogens with one attached hydrogen (secondary N) is 2. The Morgan fingerprint density at radius 2 is 1.62 bits per heavy atom. The molecular formula is C25H27ClN2O3S. The van der Waals surface area contributed by atoms with Crippen molar-refractivity contribution in [2.75, 3.05) is 10.0 Å². The van der Waals surface area contributed by atoms with Crippen LogP contribution in [0.2, 0.25) is 5.02 Å². The summed E-state index contributed by atoms with van der Waals surface area (Å²) in [4.78, 5) is 12.8. The molecule has 0 fully saturated rings. The summed E-state index contributed by atoms with van der Waals surface area (Å²) in [6.45, 7) is 9.88. The van der Waals surface area contributed by atoms with Crippen LogP contribution in [0.1, 0.15) is 52.4 Å². The number of carbonyl (C=O) groups excluding carboxylic acids is 1. The number of rotatable bonds is 6. The third kappa shape index (κ3) is 5.14. The topological polar surface area (TPSA) is 75.3 Å². The van der Waals surface area contributed by atoms with Gasteiger partial charge < -0.3 is 5.32 Å². The first kappa shape index (κ1) is 23.8. The van der Waals surface area contributed by atoms with Crippen LogP contribution in [-0.2, 0) is 10.0 Å². The smallest absolute Gasteiger partial charge is 0.263 e. The molecule has 0 atom stereocenters. The van der Waals surface area contributed by atoms with Crippen molar-refractivity contribution >= 4 is 38.9 Å². The van der Waals surface area contributed by atoms with E-state index in [9.17, 15) is 13.2 Å². The second-order valence-corrected chi connectivity index (χ2v) is 10.3. The highest BCUT2D eigenvalue weighted by Gasteiger charge is 2.21. The maximum absolute atomic E-state index is 13.0. The van der Waals surface area contributed by atoms with E-state index in [1.165, 1.54) is 18.2 Å². The Balaban J connectivity index is 1.93. The monoisotopic (exact) mass is 470 g/mol. The molecule has 3 aromatic carbocycles. The number of hydrogen-bond donors (Lipinski definition) is 2. The highest BCUT2D eigenvalue weighted by Crippen LogP contribution is 2.29. The first-order valence-corrected chi connectivity index (χ1v) is 12.2. The number of amides is 1. The molecule has 0 aliphatic heterocycles. The fourth-order valence-corrected chi connectivity index (χ4v) is 4.97. The molecule has 0 saturated carbocycles. The highest BCUT2D eigenvalue weighted by atomic mass is 35.5. The summed E-state index contributed by atoms with van der Waals surface area (Å²) < 4.78 is 28.6. The van der Waals surface area contributed by atoms with Crippen molar-refractivity contribution in [1.82, 2.24) is 0 Å². The zero-order valence-electron chi connectivity index (χ0n) is 18.8. The van der Waals surface area contributed by atoms with E-state index in [1.807, 2.05) is 45.0 Å². The van der Waals surface area contributed by atoms with Gasteiger partial charge in [-0.3, -0.25) is 9.52 Å². The van der Waals surface area contributed by atoms with Crippen LogP contribution in [0.15, 0.2) is 59.5 Å². The van der Waals surface area contributed by atoms with Crippen molar-refractivity contribution in [2.24, 2.45) is 0 Å². The third-order valence-corrected chi connectivity index (χ3v) is 7.27. The van der Waals surface area contributed by atoms with Gasteiger partial charge >= 0.3 is 0 Å². The summed E-state index contributed by atoms with van der Waals surface area (Å²) in [6.07, 6.45) is 0. The Kier molecular flexibility index (Phi) is 6.96. The fraction of sp³-hybridized carbons (Fsp3) is 0.240. The molecule has 0 bridgehead atoms. The van der Waals surface area contributed by atoms with Gasteiger partial charge in [0, 0.05) is 16.9 Å². The molecule has 3 rings (SSSR count). The molecular weight excluding hydrogens is 444 g/mol. The molecule has 5 nitrogen and oxygen atoms in total. The number of anilines is 2. The largest absolute Gasteiger partial charge is 0.321 e. The van der Waals surface area contributed by atoms with Crippen molar-refractivity contribution in [3.8, 4) is 0 Å². The fourth-order valence-electron chi connectivity index (χ4n) is 3.39. The molecule has 0 aliphatic rings. The average molecular weight is 471 g/mol. The number of sulfonamides is 1. The van der Waals surface area contributed by atoms with E-state index in [4.69, 9.17) is 11.6 Å². The van der Waals surface area contributed by atoms with E-state index in [2.05, 4.69) is 23.9 Å². The summed E-state index contributed by atoms with van der Waals surface area (Å²) in [6, 6.07) is 15.4. The van der Waals surface area contributed by atoms with Crippen LogP contribution in [0.5, 0.6) is 0 Å². The molecule has 0 unspecified atom stereocenters. The molecule has 3 aromatic rings. The van der Waals surface area contributed by atoms with Crippen LogP contribution in [0, 0.1) is 20.8 Å². The maximum Gasteiger partial charge on any atom is 0.263 e. The Morgan fingerprint density at radius 3 is 2.28 bits per heavy atom. The van der Waals surface area contributed by atoms with Crippen molar-refractivity contribution in [2.45, 2.75) is 45.4 Å². The Bertz CT molecular complexity index is 1280. The predicted molar refractivity (Wildman–Crippen MR) is 131 cm³/mol. The Labute approximate surface area is 194 Å². The highest BCUT2D eigenvalue weighted by molar-refractivity contribution is 7.92. The van der Waals surface area contributed by atoms with Gasteiger partial charge in [-0.2, -0.15) is 0 Å². The molecule has 7 heteroatoms. The van der Waals surface area contributed by atoms with Gasteiger partial charge in [0.25, 0.3) is 15.9 Å². The number of aryl methyl sites for hydroxylation is 3. The van der Waals surface area contributed by atoms with Gasteiger partial charge in [-0.25, -0.2) is 8.42 Å². The Hall–Kier alpha value is -2.83. The zero-order chi connectivity index (χ0) is 23.6. The molecule has 0 heterocycles. The van der Waals surface area contributed by atoms with Crippen LogP contribution in [0.4, 0.5) is 11.4 Å². The lowest BCUT2D eigenvalue weighted by atomic mass is 9.98. The first-order valence-electron chi connectivity index (χ1n) is 10.3. The lowest BCUT2D eigenvalue weighted by molar-refractivity contribution is 0.102. The Morgan fingerprint density at radius 1 is 0.906 bits per heavy atom. The maximum atomic E-state index is 13.0. The minimum absolute atomic E-state index is 0.0386. The van der Waals surface area contributed by atoms with Gasteiger partial charge in [0.2, 0.25) is 0 Å². The summed E-state index contributed by atoms with van der Waals surface area (Å²) in [7, 11) is -3.99. The van der Waals surface area contributed by atoms with E-state index in [1.54, 1.807) is 12.1 Å². The van der Waals surface area contributed by atoms with Crippen molar-refractivity contribution in [3.05, 3.63) is 87.4 Å². The minimum atomic E-state index is -3.99. The summed E-state index contributed by atoms with van der Waals surface area (Å²) in [5, 5.41) is 2.98. The van der Waals surface area contributed by atoms with Gasteiger partial charge in [-0.1, -0.05) is 49.7 Å². The zero-order valence-corrected chi connectivity index (χ0v) is 20.4. The van der Waals surface area contributed by atoms with Gasteiger partial charge in [0.05, 0.1) is 5.02 Å². The van der Waals surface area contributed by atoms with Crippen molar-refractivity contribution in [1.29, 1.82) is 0 Å². The van der Waals surface area contributed by atoms with Crippen LogP contribution in [0.25, 0.3) is 0 Å². The molecule has 0 aliphatic carbocycles. The van der Waals surface area contributed by atoms with Crippen molar-refractivity contribution < 1.29 is 13.2 Å². The lowest BCUT2D eigenvalue weighted by Gasteiger charge is -2.17. The SMILES string of the molecule is Cc1ccc(NS(=O)(=O)c2cc(C(=O)Nc3c(C)cccc3C(C)C)ccc2Cl)cc1C. The first-order chi connectivity index (χ1) is 15.0. The van der Waals surface area contributed by atoms with Crippen LogP contribution < -0.4 is 10.0 Å². The number of halogens is 1. The van der Waals surface area contributed by atoms with Gasteiger partial charge in [0.1, 0.15) is 4.90 Å². The number of hydrogen-bond acceptors (Lipinski definition) is 3. The number of carbonyl (C=O) groups is 1. The normalized spacial score (nSPS) is 11.5. The molecule has 2 N–H and O–H groups in total. The van der Waals surface area contributed by atoms with Crippen LogP contribution >= 0.6 is 11.6 Å². The van der Waals surface area contributed by atoms with Crippen LogP contribution in [-0.4, -0.2) is 14.3 Å². The quantitative estimate of drug-likeness (QED) is 0.435. The standard InChI is InChI=1S/C25H27ClN2O3S/c1-15(2)21-8-6-7-17(4)24(21)27-25(29)19-10-12-22(26)23(14-19)32(30,31)28-20-11-9-16(3)18(5)13-20/h6-15,28H,1-5H3,(H,27,29). The second-order valence-electron chi connectivity index (χ2n) is 8.20. The van der Waals surface area contributed by atoms with Crippen molar-refractivity contribution in [3.63, 3.8) is 0 Å².